The van der Waals surface area contributed by atoms with Crippen LogP contribution in [0.5, 0.6) is 0 Å². The molecule has 3 aromatic rings. The van der Waals surface area contributed by atoms with Crippen LogP contribution in [-0.4, -0.2) is 41.6 Å². The fraction of sp³-hybridized carbons (Fsp3) is 0.0909. The summed E-state index contributed by atoms with van der Waals surface area (Å²) in [6, 6.07) is 10.5. The lowest BCUT2D eigenvalue weighted by Crippen LogP contribution is -2.22. The average Bonchev–Trinajstić information content (AvgIpc) is 2.77. The van der Waals surface area contributed by atoms with E-state index in [1.165, 1.54) is 30.5 Å². The number of nitrogens with one attached hydrogen (secondary N) is 3. The summed E-state index contributed by atoms with van der Waals surface area (Å²) in [5.41, 5.74) is 0.288. The second kappa shape index (κ2) is 9.52. The van der Waals surface area contributed by atoms with E-state index in [1.807, 2.05) is 0 Å². The van der Waals surface area contributed by atoms with Gasteiger partial charge in [-0.2, -0.15) is 0 Å². The highest BCUT2D eigenvalue weighted by atomic mass is 35.5. The smallest absolute Gasteiger partial charge is 0.259 e. The van der Waals surface area contributed by atoms with Gasteiger partial charge < -0.3 is 15.5 Å². The number of nitrogens with zero attached hydrogens (tertiary/aromatic N) is 2. The number of rotatable bonds is 5. The number of anilines is 2. The second-order valence-corrected chi connectivity index (χ2v) is 7.34. The van der Waals surface area contributed by atoms with E-state index in [4.69, 9.17) is 17.0 Å². The van der Waals surface area contributed by atoms with Crippen LogP contribution in [0.25, 0.3) is 0 Å². The lowest BCUT2D eigenvalue weighted by molar-refractivity contribution is 0.102. The SMILES string of the molecule is CN(C)C(=N)c1ccc(C(=O)Nc2cc(F)c(F)cc2C(=O)Nc2ccc(Cl)cn2)cc1. The number of benzene rings is 2. The molecule has 0 bridgehead atoms. The molecule has 3 rings (SSSR count). The summed E-state index contributed by atoms with van der Waals surface area (Å²) < 4.78 is 27.7. The Labute approximate surface area is 187 Å². The second-order valence-electron chi connectivity index (χ2n) is 6.90. The maximum Gasteiger partial charge on any atom is 0.259 e. The van der Waals surface area contributed by atoms with Gasteiger partial charge in [0.25, 0.3) is 11.8 Å². The Bertz CT molecular complexity index is 1180. The molecule has 32 heavy (non-hydrogen) atoms. The van der Waals surface area contributed by atoms with Crippen molar-refractivity contribution in [2.24, 2.45) is 0 Å². The van der Waals surface area contributed by atoms with Gasteiger partial charge in [0.05, 0.1) is 16.3 Å². The van der Waals surface area contributed by atoms with E-state index in [2.05, 4.69) is 15.6 Å². The summed E-state index contributed by atoms with van der Waals surface area (Å²) in [5, 5.41) is 13.2. The highest BCUT2D eigenvalue weighted by molar-refractivity contribution is 6.30. The molecular weight excluding hydrogens is 440 g/mol. The third-order valence-corrected chi connectivity index (χ3v) is 4.61. The van der Waals surface area contributed by atoms with Crippen LogP contribution < -0.4 is 10.6 Å². The molecule has 2 aromatic carbocycles. The number of carbonyl (C=O) groups is 2. The van der Waals surface area contributed by atoms with Crippen LogP contribution in [0.2, 0.25) is 5.02 Å². The van der Waals surface area contributed by atoms with E-state index >= 15 is 0 Å². The minimum Gasteiger partial charge on any atom is -0.363 e. The lowest BCUT2D eigenvalue weighted by Gasteiger charge is -2.14. The van der Waals surface area contributed by atoms with Crippen molar-refractivity contribution in [1.29, 1.82) is 5.41 Å². The first kappa shape index (κ1) is 22.8. The van der Waals surface area contributed by atoms with Gasteiger partial charge in [-0.3, -0.25) is 15.0 Å². The minimum atomic E-state index is -1.25. The molecule has 0 aliphatic rings. The lowest BCUT2D eigenvalue weighted by atomic mass is 10.1. The zero-order valence-corrected chi connectivity index (χ0v) is 17.8. The molecule has 10 heteroatoms. The Morgan fingerprint density at radius 3 is 2.16 bits per heavy atom. The number of hydrogen-bond donors (Lipinski definition) is 3. The first-order chi connectivity index (χ1) is 15.2. The number of amidine groups is 1. The number of hydrogen-bond acceptors (Lipinski definition) is 4. The van der Waals surface area contributed by atoms with Crippen LogP contribution in [0.15, 0.2) is 54.7 Å². The summed E-state index contributed by atoms with van der Waals surface area (Å²) >= 11 is 5.76. The summed E-state index contributed by atoms with van der Waals surface area (Å²) in [5.74, 6) is -3.52. The molecule has 0 spiro atoms. The Morgan fingerprint density at radius 2 is 1.56 bits per heavy atom. The van der Waals surface area contributed by atoms with Crippen molar-refractivity contribution in [2.45, 2.75) is 0 Å². The van der Waals surface area contributed by atoms with E-state index < -0.39 is 23.4 Å². The van der Waals surface area contributed by atoms with Crippen LogP contribution in [0.3, 0.4) is 0 Å². The molecule has 0 aliphatic carbocycles. The minimum absolute atomic E-state index is 0.139. The first-order valence-electron chi connectivity index (χ1n) is 9.25. The zero-order chi connectivity index (χ0) is 23.4. The van der Waals surface area contributed by atoms with Crippen molar-refractivity contribution < 1.29 is 18.4 Å². The topological polar surface area (TPSA) is 98.2 Å². The molecule has 164 valence electrons. The van der Waals surface area contributed by atoms with Crippen molar-refractivity contribution >= 4 is 40.8 Å². The van der Waals surface area contributed by atoms with Gasteiger partial charge in [-0.25, -0.2) is 13.8 Å². The summed E-state index contributed by atoms with van der Waals surface area (Å²) in [6.45, 7) is 0. The van der Waals surface area contributed by atoms with E-state index in [-0.39, 0.29) is 28.5 Å². The maximum absolute atomic E-state index is 13.9. The molecule has 0 saturated heterocycles. The molecule has 3 N–H and O–H groups in total. The molecule has 2 amide bonds. The molecule has 1 heterocycles. The third-order valence-electron chi connectivity index (χ3n) is 4.39. The molecule has 0 atom stereocenters. The fourth-order valence-corrected chi connectivity index (χ4v) is 2.82. The van der Waals surface area contributed by atoms with Gasteiger partial charge in [0.1, 0.15) is 11.7 Å². The highest BCUT2D eigenvalue weighted by Gasteiger charge is 2.19. The third kappa shape index (κ3) is 5.25. The monoisotopic (exact) mass is 457 g/mol. The molecule has 1 aromatic heterocycles. The number of amides is 2. The van der Waals surface area contributed by atoms with Crippen LogP contribution >= 0.6 is 11.6 Å². The standard InChI is InChI=1S/C22H18ClF2N5O2/c1-30(2)20(26)12-3-5-13(6-4-12)21(31)28-18-10-17(25)16(24)9-15(18)22(32)29-19-8-7-14(23)11-27-19/h3-11,26H,1-2H3,(H,28,31)(H,27,29,32). The van der Waals surface area contributed by atoms with Crippen molar-refractivity contribution in [3.8, 4) is 0 Å². The van der Waals surface area contributed by atoms with Gasteiger partial charge in [0.15, 0.2) is 11.6 Å². The van der Waals surface area contributed by atoms with E-state index in [0.717, 1.165) is 6.07 Å². The van der Waals surface area contributed by atoms with Gasteiger partial charge >= 0.3 is 0 Å². The van der Waals surface area contributed by atoms with E-state index in [0.29, 0.717) is 16.7 Å². The Morgan fingerprint density at radius 1 is 0.938 bits per heavy atom. The highest BCUT2D eigenvalue weighted by Crippen LogP contribution is 2.23. The molecule has 0 saturated carbocycles. The van der Waals surface area contributed by atoms with Crippen molar-refractivity contribution in [3.05, 3.63) is 88.1 Å². The van der Waals surface area contributed by atoms with Gasteiger partial charge in [-0.1, -0.05) is 23.7 Å². The number of pyridine rings is 1. The first-order valence-corrected chi connectivity index (χ1v) is 9.63. The van der Waals surface area contributed by atoms with Gasteiger partial charge in [-0.15, -0.1) is 0 Å². The van der Waals surface area contributed by atoms with Gasteiger partial charge in [0, 0.05) is 37.5 Å². The largest absolute Gasteiger partial charge is 0.363 e. The quantitative estimate of drug-likeness (QED) is 0.390. The maximum atomic E-state index is 13.9. The number of carbonyl (C=O) groups excluding carboxylic acids is 2. The molecule has 0 radical (unpaired) electrons. The summed E-state index contributed by atoms with van der Waals surface area (Å²) in [7, 11) is 3.44. The van der Waals surface area contributed by atoms with Crippen LogP contribution in [0.1, 0.15) is 26.3 Å². The summed E-state index contributed by atoms with van der Waals surface area (Å²) in [6.07, 6.45) is 1.31. The van der Waals surface area contributed by atoms with E-state index in [9.17, 15) is 18.4 Å². The van der Waals surface area contributed by atoms with Crippen molar-refractivity contribution in [3.63, 3.8) is 0 Å². The van der Waals surface area contributed by atoms with Gasteiger partial charge in [0.2, 0.25) is 0 Å². The number of aromatic nitrogens is 1. The normalized spacial score (nSPS) is 10.4. The van der Waals surface area contributed by atoms with Crippen molar-refractivity contribution in [2.75, 3.05) is 24.7 Å². The fourth-order valence-electron chi connectivity index (χ4n) is 2.70. The van der Waals surface area contributed by atoms with Crippen LogP contribution in [0.4, 0.5) is 20.3 Å². The molecular formula is C22H18ClF2N5O2. The van der Waals surface area contributed by atoms with Crippen LogP contribution in [-0.2, 0) is 0 Å². The Hall–Kier alpha value is -3.85. The van der Waals surface area contributed by atoms with Crippen LogP contribution in [0, 0.1) is 17.0 Å². The molecule has 0 fully saturated rings. The Kier molecular flexibility index (Phi) is 6.79. The predicted molar refractivity (Wildman–Crippen MR) is 118 cm³/mol. The number of halogens is 3. The summed E-state index contributed by atoms with van der Waals surface area (Å²) in [4.78, 5) is 30.8. The zero-order valence-electron chi connectivity index (χ0n) is 17.0. The molecule has 0 aliphatic heterocycles. The average molecular weight is 458 g/mol. The molecule has 7 nitrogen and oxygen atoms in total. The van der Waals surface area contributed by atoms with Gasteiger partial charge in [-0.05, 0) is 30.3 Å². The predicted octanol–water partition coefficient (Wildman–Crippen LogP) is 4.40. The van der Waals surface area contributed by atoms with Crippen molar-refractivity contribution in [1.82, 2.24) is 9.88 Å². The molecule has 0 unspecified atom stereocenters. The Balaban J connectivity index is 1.84. The van der Waals surface area contributed by atoms with E-state index in [1.54, 1.807) is 31.1 Å².